The zero-order valence-electron chi connectivity index (χ0n) is 17.8. The molecule has 3 aromatic rings. The molecule has 0 aliphatic carbocycles. The molecule has 1 aliphatic rings. The highest BCUT2D eigenvalue weighted by Crippen LogP contribution is 2.16. The van der Waals surface area contributed by atoms with Gasteiger partial charge in [0, 0.05) is 37.5 Å². The molecule has 1 aliphatic heterocycles. The van der Waals surface area contributed by atoms with Gasteiger partial charge in [0.25, 0.3) is 0 Å². The maximum absolute atomic E-state index is 12.4. The molecule has 4 rings (SSSR count). The van der Waals surface area contributed by atoms with Crippen molar-refractivity contribution in [1.82, 2.24) is 19.8 Å². The van der Waals surface area contributed by atoms with Gasteiger partial charge < -0.3 is 14.0 Å². The second-order valence-electron chi connectivity index (χ2n) is 7.50. The highest BCUT2D eigenvalue weighted by molar-refractivity contribution is 7.89. The van der Waals surface area contributed by atoms with E-state index in [0.29, 0.717) is 31.2 Å². The number of aromatic nitrogens is 3. The van der Waals surface area contributed by atoms with Crippen LogP contribution in [-0.2, 0) is 25.9 Å². The fourth-order valence-corrected chi connectivity index (χ4v) is 4.37. The van der Waals surface area contributed by atoms with Crippen molar-refractivity contribution in [2.75, 3.05) is 19.8 Å². The van der Waals surface area contributed by atoms with Crippen LogP contribution >= 0.6 is 0 Å². The molecule has 11 heteroatoms. The molecule has 0 radical (unpaired) electrons. The number of pyridine rings is 1. The molecule has 1 unspecified atom stereocenters. The molecule has 0 saturated carbocycles. The smallest absolute Gasteiger partial charge is 0.338 e. The van der Waals surface area contributed by atoms with Gasteiger partial charge in [0.2, 0.25) is 21.7 Å². The summed E-state index contributed by atoms with van der Waals surface area (Å²) in [6.07, 6.45) is 5.94. The lowest BCUT2D eigenvalue weighted by Gasteiger charge is -2.11. The lowest BCUT2D eigenvalue weighted by atomic mass is 10.2. The number of hydrogen-bond donors (Lipinski definition) is 1. The maximum atomic E-state index is 12.4. The number of nitrogens with one attached hydrogen (secondary N) is 1. The first-order valence-corrected chi connectivity index (χ1v) is 12.1. The third-order valence-electron chi connectivity index (χ3n) is 5.08. The van der Waals surface area contributed by atoms with E-state index >= 15 is 0 Å². The molecule has 3 heterocycles. The van der Waals surface area contributed by atoms with E-state index in [0.717, 1.165) is 18.4 Å². The van der Waals surface area contributed by atoms with Gasteiger partial charge in [-0.3, -0.25) is 4.98 Å². The summed E-state index contributed by atoms with van der Waals surface area (Å²) in [5, 5.41) is 3.92. The van der Waals surface area contributed by atoms with Gasteiger partial charge in [-0.1, -0.05) is 5.16 Å². The van der Waals surface area contributed by atoms with E-state index in [1.165, 1.54) is 24.3 Å². The maximum Gasteiger partial charge on any atom is 0.338 e. The van der Waals surface area contributed by atoms with Crippen molar-refractivity contribution >= 4 is 16.0 Å². The number of carbonyl (C=O) groups excluding carboxylic acids is 1. The van der Waals surface area contributed by atoms with Gasteiger partial charge in [0.1, 0.15) is 0 Å². The van der Waals surface area contributed by atoms with Gasteiger partial charge in [-0.15, -0.1) is 0 Å². The number of benzene rings is 1. The molecule has 0 bridgehead atoms. The average molecular weight is 473 g/mol. The normalized spacial score (nSPS) is 16.1. The molecule has 0 spiro atoms. The molecular weight excluding hydrogens is 448 g/mol. The molecule has 1 saturated heterocycles. The van der Waals surface area contributed by atoms with Crippen molar-refractivity contribution < 1.29 is 27.2 Å². The fourth-order valence-electron chi connectivity index (χ4n) is 3.30. The number of ether oxygens (including phenoxy) is 2. The molecule has 10 nitrogen and oxygen atoms in total. The summed E-state index contributed by atoms with van der Waals surface area (Å²) in [5.41, 5.74) is 1.02. The Labute approximate surface area is 191 Å². The molecule has 174 valence electrons. The number of esters is 1. The molecule has 1 N–H and O–H groups in total. The van der Waals surface area contributed by atoms with Gasteiger partial charge >= 0.3 is 5.97 Å². The lowest BCUT2D eigenvalue weighted by Crippen LogP contribution is -2.31. The zero-order chi connectivity index (χ0) is 23.1. The number of hydrogen-bond acceptors (Lipinski definition) is 9. The predicted octanol–water partition coefficient (Wildman–Crippen LogP) is 2.38. The van der Waals surface area contributed by atoms with Gasteiger partial charge in [-0.2, -0.15) is 4.98 Å². The molecular formula is C22H24N4O6S. The fraction of sp³-hybridized carbons (Fsp3) is 0.364. The Morgan fingerprint density at radius 1 is 1.21 bits per heavy atom. The minimum absolute atomic E-state index is 0.0814. The molecule has 2 aromatic heterocycles. The first-order valence-electron chi connectivity index (χ1n) is 10.6. The lowest BCUT2D eigenvalue weighted by molar-refractivity contribution is 0.0498. The van der Waals surface area contributed by atoms with E-state index < -0.39 is 16.0 Å². The number of sulfonamides is 1. The third-order valence-corrected chi connectivity index (χ3v) is 6.52. The monoisotopic (exact) mass is 472 g/mol. The molecule has 0 amide bonds. The SMILES string of the molecule is O=C(OCCCc1nc(-c2cccnc2)no1)c1ccc(S(=O)(=O)NCC2CCCO2)cc1. The minimum Gasteiger partial charge on any atom is -0.462 e. The standard InChI is InChI=1S/C22H24N4O6S/c27-22(31-13-3-6-20-25-21(26-32-20)17-4-1-11-23-14-17)16-7-9-19(10-8-16)33(28,29)24-15-18-5-2-12-30-18/h1,4,7-11,14,18,24H,2-3,5-6,12-13,15H2. The predicted molar refractivity (Wildman–Crippen MR) is 117 cm³/mol. The molecule has 1 atom stereocenters. The summed E-state index contributed by atoms with van der Waals surface area (Å²) in [7, 11) is -3.67. The van der Waals surface area contributed by atoms with Crippen molar-refractivity contribution in [3.63, 3.8) is 0 Å². The Morgan fingerprint density at radius 3 is 2.79 bits per heavy atom. The molecule has 1 fully saturated rings. The van der Waals surface area contributed by atoms with Gasteiger partial charge in [-0.05, 0) is 55.7 Å². The highest BCUT2D eigenvalue weighted by atomic mass is 32.2. The Balaban J connectivity index is 1.22. The van der Waals surface area contributed by atoms with Crippen molar-refractivity contribution in [1.29, 1.82) is 0 Å². The van der Waals surface area contributed by atoms with Crippen LogP contribution in [0.4, 0.5) is 0 Å². The zero-order valence-corrected chi connectivity index (χ0v) is 18.7. The topological polar surface area (TPSA) is 134 Å². The first-order chi connectivity index (χ1) is 16.0. The summed E-state index contributed by atoms with van der Waals surface area (Å²) in [4.78, 5) is 20.6. The van der Waals surface area contributed by atoms with Crippen LogP contribution in [0.2, 0.25) is 0 Å². The number of nitrogens with zero attached hydrogens (tertiary/aromatic N) is 3. The highest BCUT2D eigenvalue weighted by Gasteiger charge is 2.20. The van der Waals surface area contributed by atoms with Crippen molar-refractivity contribution in [3.05, 3.63) is 60.2 Å². The Kier molecular flexibility index (Phi) is 7.43. The largest absolute Gasteiger partial charge is 0.462 e. The minimum atomic E-state index is -3.67. The Morgan fingerprint density at radius 2 is 2.06 bits per heavy atom. The number of carbonyl (C=O) groups is 1. The quantitative estimate of drug-likeness (QED) is 0.349. The van der Waals surface area contributed by atoms with E-state index in [2.05, 4.69) is 19.8 Å². The van der Waals surface area contributed by atoms with Crippen LogP contribution in [0.5, 0.6) is 0 Å². The van der Waals surface area contributed by atoms with Crippen LogP contribution in [0.15, 0.2) is 58.2 Å². The molecule has 1 aromatic carbocycles. The van der Waals surface area contributed by atoms with E-state index in [1.54, 1.807) is 18.5 Å². The number of rotatable bonds is 10. The van der Waals surface area contributed by atoms with Crippen LogP contribution in [-0.4, -0.2) is 55.4 Å². The van der Waals surface area contributed by atoms with E-state index in [-0.39, 0.29) is 29.7 Å². The van der Waals surface area contributed by atoms with Crippen molar-refractivity contribution in [3.8, 4) is 11.4 Å². The van der Waals surface area contributed by atoms with Crippen LogP contribution in [0.25, 0.3) is 11.4 Å². The van der Waals surface area contributed by atoms with Crippen LogP contribution in [0.1, 0.15) is 35.5 Å². The summed E-state index contributed by atoms with van der Waals surface area (Å²) in [5.74, 6) is 0.359. The summed E-state index contributed by atoms with van der Waals surface area (Å²) >= 11 is 0. The van der Waals surface area contributed by atoms with Gasteiger partial charge in [0.05, 0.1) is 23.2 Å². The second kappa shape index (κ2) is 10.6. The van der Waals surface area contributed by atoms with E-state index in [1.807, 2.05) is 6.07 Å². The summed E-state index contributed by atoms with van der Waals surface area (Å²) < 4.78 is 43.2. The average Bonchev–Trinajstić information content (AvgIpc) is 3.53. The number of aryl methyl sites for hydroxylation is 1. The second-order valence-corrected chi connectivity index (χ2v) is 9.27. The van der Waals surface area contributed by atoms with E-state index in [9.17, 15) is 13.2 Å². The van der Waals surface area contributed by atoms with Crippen LogP contribution in [0.3, 0.4) is 0 Å². The van der Waals surface area contributed by atoms with Crippen LogP contribution < -0.4 is 4.72 Å². The van der Waals surface area contributed by atoms with Gasteiger partial charge in [-0.25, -0.2) is 17.9 Å². The third kappa shape index (κ3) is 6.21. The van der Waals surface area contributed by atoms with Crippen LogP contribution in [0, 0.1) is 0 Å². The summed E-state index contributed by atoms with van der Waals surface area (Å²) in [6, 6.07) is 9.25. The molecule has 33 heavy (non-hydrogen) atoms. The van der Waals surface area contributed by atoms with E-state index in [4.69, 9.17) is 14.0 Å². The van der Waals surface area contributed by atoms with Crippen molar-refractivity contribution in [2.45, 2.75) is 36.7 Å². The van der Waals surface area contributed by atoms with Crippen molar-refractivity contribution in [2.24, 2.45) is 0 Å². The van der Waals surface area contributed by atoms with Gasteiger partial charge in [0.15, 0.2) is 0 Å². The Hall–Kier alpha value is -3.15. The summed E-state index contributed by atoms with van der Waals surface area (Å²) in [6.45, 7) is 1.05. The first kappa shape index (κ1) is 23.0. The Bertz CT molecular complexity index is 1160.